The number of nitrogens with one attached hydrogen (secondary N) is 1. The van der Waals surface area contributed by atoms with Crippen LogP contribution in [0.3, 0.4) is 0 Å². The second kappa shape index (κ2) is 9.06. The molecule has 2 rings (SSSR count). The fourth-order valence-electron chi connectivity index (χ4n) is 1.93. The van der Waals surface area contributed by atoms with E-state index in [9.17, 15) is 0 Å². The van der Waals surface area contributed by atoms with Crippen LogP contribution in [0.5, 0.6) is 11.5 Å². The van der Waals surface area contributed by atoms with Gasteiger partial charge in [0.15, 0.2) is 0 Å². The molecule has 4 nitrogen and oxygen atoms in total. The van der Waals surface area contributed by atoms with E-state index >= 15 is 0 Å². The zero-order chi connectivity index (χ0) is 13.5. The van der Waals surface area contributed by atoms with Crippen molar-refractivity contribution in [1.82, 2.24) is 10.2 Å². The average molecular weight is 301 g/mol. The summed E-state index contributed by atoms with van der Waals surface area (Å²) in [6.45, 7) is 6.74. The smallest absolute Gasteiger partial charge is 0.119 e. The monoisotopic (exact) mass is 300 g/mol. The van der Waals surface area contributed by atoms with E-state index in [1.807, 2.05) is 24.3 Å². The van der Waals surface area contributed by atoms with E-state index in [1.165, 1.54) is 0 Å². The van der Waals surface area contributed by atoms with E-state index in [1.54, 1.807) is 0 Å². The van der Waals surface area contributed by atoms with Gasteiger partial charge in [0.1, 0.15) is 18.1 Å². The number of hydrogen-bond donors (Lipinski definition) is 1. The number of hydrogen-bond acceptors (Lipinski definition) is 4. The predicted octanol–water partition coefficient (Wildman–Crippen LogP) is 2.18. The average Bonchev–Trinajstić information content (AvgIpc) is 2.36. The fraction of sp³-hybridized carbons (Fsp3) is 0.600. The number of rotatable bonds is 8. The molecule has 20 heavy (non-hydrogen) atoms. The Morgan fingerprint density at radius 2 is 1.65 bits per heavy atom. The van der Waals surface area contributed by atoms with Gasteiger partial charge < -0.3 is 14.8 Å². The second-order valence-electron chi connectivity index (χ2n) is 4.96. The maximum Gasteiger partial charge on any atom is 0.119 e. The highest BCUT2D eigenvalue weighted by Crippen LogP contribution is 2.17. The van der Waals surface area contributed by atoms with Gasteiger partial charge in [-0.15, -0.1) is 12.4 Å². The van der Waals surface area contributed by atoms with E-state index in [0.29, 0.717) is 6.04 Å². The molecule has 0 amide bonds. The minimum absolute atomic E-state index is 0. The summed E-state index contributed by atoms with van der Waals surface area (Å²) in [5, 5.41) is 3.28. The van der Waals surface area contributed by atoms with Gasteiger partial charge in [-0.05, 0) is 37.7 Å². The van der Waals surface area contributed by atoms with Gasteiger partial charge in [0.05, 0.1) is 6.61 Å². The van der Waals surface area contributed by atoms with Gasteiger partial charge in [-0.2, -0.15) is 0 Å². The second-order valence-corrected chi connectivity index (χ2v) is 4.96. The highest BCUT2D eigenvalue weighted by atomic mass is 35.5. The molecule has 0 bridgehead atoms. The summed E-state index contributed by atoms with van der Waals surface area (Å²) < 4.78 is 11.3. The Kier molecular flexibility index (Phi) is 7.73. The molecule has 0 saturated carbocycles. The van der Waals surface area contributed by atoms with Crippen LogP contribution < -0.4 is 14.8 Å². The molecule has 1 aliphatic heterocycles. The van der Waals surface area contributed by atoms with E-state index in [0.717, 1.165) is 50.8 Å². The molecule has 0 atom stereocenters. The number of ether oxygens (including phenoxy) is 2. The number of halogens is 1. The molecule has 1 aromatic rings. The van der Waals surface area contributed by atoms with Crippen LogP contribution in [0.25, 0.3) is 0 Å². The van der Waals surface area contributed by atoms with Crippen molar-refractivity contribution in [2.45, 2.75) is 19.4 Å². The molecule has 0 radical (unpaired) electrons. The van der Waals surface area contributed by atoms with Crippen molar-refractivity contribution in [2.75, 3.05) is 39.9 Å². The van der Waals surface area contributed by atoms with Gasteiger partial charge in [0.2, 0.25) is 0 Å². The lowest BCUT2D eigenvalue weighted by Gasteiger charge is -2.35. The highest BCUT2D eigenvalue weighted by Gasteiger charge is 2.20. The Morgan fingerprint density at radius 3 is 2.10 bits per heavy atom. The van der Waals surface area contributed by atoms with Gasteiger partial charge in [-0.1, -0.05) is 6.92 Å². The first kappa shape index (κ1) is 17.1. The molecule has 5 heteroatoms. The third-order valence-corrected chi connectivity index (χ3v) is 3.39. The summed E-state index contributed by atoms with van der Waals surface area (Å²) in [4.78, 5) is 2.34. The van der Waals surface area contributed by atoms with Crippen molar-refractivity contribution in [3.05, 3.63) is 24.3 Å². The SMILES string of the molecule is CCCOc1ccc(OCCN(C)C2CNC2)cc1.Cl. The lowest BCUT2D eigenvalue weighted by molar-refractivity contribution is 0.151. The van der Waals surface area contributed by atoms with Crippen LogP contribution in [0.15, 0.2) is 24.3 Å². The number of likely N-dealkylation sites (N-methyl/N-ethyl adjacent to an activating group) is 1. The van der Waals surface area contributed by atoms with Crippen LogP contribution >= 0.6 is 12.4 Å². The van der Waals surface area contributed by atoms with Crippen LogP contribution in [0.1, 0.15) is 13.3 Å². The van der Waals surface area contributed by atoms with E-state index in [2.05, 4.69) is 24.2 Å². The Labute approximate surface area is 127 Å². The zero-order valence-electron chi connectivity index (χ0n) is 12.3. The van der Waals surface area contributed by atoms with Gasteiger partial charge in [0, 0.05) is 25.7 Å². The molecule has 1 N–H and O–H groups in total. The first-order valence-corrected chi connectivity index (χ1v) is 7.06. The molecule has 0 aliphatic carbocycles. The summed E-state index contributed by atoms with van der Waals surface area (Å²) in [7, 11) is 2.15. The third-order valence-electron chi connectivity index (χ3n) is 3.39. The number of nitrogens with zero attached hydrogens (tertiary/aromatic N) is 1. The summed E-state index contributed by atoms with van der Waals surface area (Å²) in [5.41, 5.74) is 0. The van der Waals surface area contributed by atoms with E-state index in [4.69, 9.17) is 9.47 Å². The lowest BCUT2D eigenvalue weighted by Crippen LogP contribution is -2.56. The molecule has 0 unspecified atom stereocenters. The third kappa shape index (κ3) is 5.19. The Bertz CT molecular complexity index is 369. The van der Waals surface area contributed by atoms with Crippen LogP contribution in [0, 0.1) is 0 Å². The van der Waals surface area contributed by atoms with Crippen molar-refractivity contribution in [3.8, 4) is 11.5 Å². The molecule has 1 aliphatic rings. The van der Waals surface area contributed by atoms with Gasteiger partial charge >= 0.3 is 0 Å². The maximum absolute atomic E-state index is 5.74. The minimum atomic E-state index is 0. The summed E-state index contributed by atoms with van der Waals surface area (Å²) >= 11 is 0. The Hall–Kier alpha value is -0.970. The fourth-order valence-corrected chi connectivity index (χ4v) is 1.93. The maximum atomic E-state index is 5.74. The van der Waals surface area contributed by atoms with Crippen LogP contribution in [0.4, 0.5) is 0 Å². The van der Waals surface area contributed by atoms with Crippen LogP contribution in [0.2, 0.25) is 0 Å². The molecular formula is C15H25ClN2O2. The molecule has 1 aromatic carbocycles. The van der Waals surface area contributed by atoms with Crippen LogP contribution in [-0.4, -0.2) is 50.8 Å². The molecule has 1 heterocycles. The van der Waals surface area contributed by atoms with Crippen molar-refractivity contribution in [2.24, 2.45) is 0 Å². The predicted molar refractivity (Wildman–Crippen MR) is 84.3 cm³/mol. The van der Waals surface area contributed by atoms with Gasteiger partial charge in [0.25, 0.3) is 0 Å². The normalized spacial score (nSPS) is 14.6. The minimum Gasteiger partial charge on any atom is -0.494 e. The largest absolute Gasteiger partial charge is 0.494 e. The van der Waals surface area contributed by atoms with Gasteiger partial charge in [-0.3, -0.25) is 4.90 Å². The van der Waals surface area contributed by atoms with Crippen molar-refractivity contribution >= 4 is 12.4 Å². The van der Waals surface area contributed by atoms with Crippen molar-refractivity contribution < 1.29 is 9.47 Å². The van der Waals surface area contributed by atoms with E-state index in [-0.39, 0.29) is 12.4 Å². The molecule has 114 valence electrons. The summed E-state index contributed by atoms with van der Waals surface area (Å²) in [6, 6.07) is 8.54. The summed E-state index contributed by atoms with van der Waals surface area (Å²) in [5.74, 6) is 1.82. The first-order chi connectivity index (χ1) is 9.29. The molecule has 0 spiro atoms. The Balaban J connectivity index is 0.00000200. The topological polar surface area (TPSA) is 33.7 Å². The Morgan fingerprint density at radius 1 is 1.10 bits per heavy atom. The van der Waals surface area contributed by atoms with Crippen LogP contribution in [-0.2, 0) is 0 Å². The van der Waals surface area contributed by atoms with Crippen molar-refractivity contribution in [1.29, 1.82) is 0 Å². The van der Waals surface area contributed by atoms with Crippen molar-refractivity contribution in [3.63, 3.8) is 0 Å². The van der Waals surface area contributed by atoms with E-state index < -0.39 is 0 Å². The molecule has 0 aromatic heterocycles. The molecule has 1 fully saturated rings. The standard InChI is InChI=1S/C15H24N2O2.ClH/c1-3-9-18-14-4-6-15(7-5-14)19-10-8-17(2)13-11-16-12-13;/h4-7,13,16H,3,8-12H2,1-2H3;1H. The molecule has 1 saturated heterocycles. The lowest BCUT2D eigenvalue weighted by atomic mass is 10.1. The summed E-state index contributed by atoms with van der Waals surface area (Å²) in [6.07, 6.45) is 1.03. The highest BCUT2D eigenvalue weighted by molar-refractivity contribution is 5.85. The number of benzene rings is 1. The molecular weight excluding hydrogens is 276 g/mol. The van der Waals surface area contributed by atoms with Gasteiger partial charge in [-0.25, -0.2) is 0 Å². The first-order valence-electron chi connectivity index (χ1n) is 7.06. The zero-order valence-corrected chi connectivity index (χ0v) is 13.1. The quantitative estimate of drug-likeness (QED) is 0.798.